The largest absolute Gasteiger partial charge is 0.506 e. The van der Waals surface area contributed by atoms with Crippen molar-refractivity contribution < 1.29 is 9.90 Å². The van der Waals surface area contributed by atoms with Crippen LogP contribution in [0.3, 0.4) is 0 Å². The van der Waals surface area contributed by atoms with Gasteiger partial charge in [0.1, 0.15) is 11.4 Å². The van der Waals surface area contributed by atoms with E-state index in [2.05, 4.69) is 20.9 Å². The SMILES string of the molecule is CCN1C(=O)/C(=C/c2ccc(Br)cc2)SC1=Nc1ccc(C)cc1O. The summed E-state index contributed by atoms with van der Waals surface area (Å²) >= 11 is 4.73. The molecule has 128 valence electrons. The Balaban J connectivity index is 1.94. The summed E-state index contributed by atoms with van der Waals surface area (Å²) in [5, 5.41) is 10.6. The topological polar surface area (TPSA) is 52.9 Å². The summed E-state index contributed by atoms with van der Waals surface area (Å²) in [4.78, 5) is 19.4. The first-order valence-corrected chi connectivity index (χ1v) is 9.44. The van der Waals surface area contributed by atoms with Crippen molar-refractivity contribution in [1.82, 2.24) is 4.90 Å². The third-order valence-corrected chi connectivity index (χ3v) is 5.25. The second-order valence-corrected chi connectivity index (χ2v) is 7.52. The number of aromatic hydroxyl groups is 1. The highest BCUT2D eigenvalue weighted by Crippen LogP contribution is 2.36. The highest BCUT2D eigenvalue weighted by atomic mass is 79.9. The number of hydrogen-bond donors (Lipinski definition) is 1. The van der Waals surface area contributed by atoms with E-state index in [0.717, 1.165) is 15.6 Å². The molecule has 1 amide bonds. The zero-order valence-corrected chi connectivity index (χ0v) is 16.3. The molecule has 1 fully saturated rings. The van der Waals surface area contributed by atoms with Crippen molar-refractivity contribution in [2.75, 3.05) is 6.54 Å². The number of likely N-dealkylation sites (N-methyl/N-ethyl adjacent to an activating group) is 1. The number of phenols is 1. The second kappa shape index (κ2) is 7.45. The maximum atomic E-state index is 12.6. The predicted octanol–water partition coefficient (Wildman–Crippen LogP) is 5.09. The maximum Gasteiger partial charge on any atom is 0.266 e. The Hall–Kier alpha value is -2.05. The Kier molecular flexibility index (Phi) is 5.30. The molecule has 1 saturated heterocycles. The molecule has 2 aromatic carbocycles. The van der Waals surface area contributed by atoms with E-state index < -0.39 is 0 Å². The van der Waals surface area contributed by atoms with Crippen LogP contribution >= 0.6 is 27.7 Å². The Morgan fingerprint density at radius 3 is 2.60 bits per heavy atom. The first-order chi connectivity index (χ1) is 12.0. The van der Waals surface area contributed by atoms with Crippen LogP contribution in [-0.4, -0.2) is 27.6 Å². The quantitative estimate of drug-likeness (QED) is 0.708. The number of rotatable bonds is 3. The van der Waals surface area contributed by atoms with E-state index in [9.17, 15) is 9.90 Å². The molecule has 0 radical (unpaired) electrons. The Morgan fingerprint density at radius 1 is 1.24 bits per heavy atom. The molecule has 0 aliphatic carbocycles. The molecule has 1 heterocycles. The van der Waals surface area contributed by atoms with E-state index in [0.29, 0.717) is 22.3 Å². The number of halogens is 1. The van der Waals surface area contributed by atoms with Gasteiger partial charge in [-0.1, -0.05) is 34.1 Å². The summed E-state index contributed by atoms with van der Waals surface area (Å²) < 4.78 is 0.993. The summed E-state index contributed by atoms with van der Waals surface area (Å²) in [7, 11) is 0. The molecule has 4 nitrogen and oxygen atoms in total. The van der Waals surface area contributed by atoms with Crippen molar-refractivity contribution in [1.29, 1.82) is 0 Å². The van der Waals surface area contributed by atoms with Crippen molar-refractivity contribution in [3.8, 4) is 5.75 Å². The zero-order valence-electron chi connectivity index (χ0n) is 13.9. The zero-order chi connectivity index (χ0) is 18.0. The van der Waals surface area contributed by atoms with Gasteiger partial charge in [0.2, 0.25) is 0 Å². The number of aryl methyl sites for hydroxylation is 1. The molecular weight excluding hydrogens is 400 g/mol. The molecule has 0 bridgehead atoms. The van der Waals surface area contributed by atoms with Crippen molar-refractivity contribution >= 4 is 50.5 Å². The average molecular weight is 417 g/mol. The van der Waals surface area contributed by atoms with Gasteiger partial charge in [0.15, 0.2) is 5.17 Å². The van der Waals surface area contributed by atoms with Gasteiger partial charge < -0.3 is 5.11 Å². The number of aliphatic imine (C=N–C) groups is 1. The Bertz CT molecular complexity index is 875. The molecular formula is C19H17BrN2O2S. The van der Waals surface area contributed by atoms with Gasteiger partial charge in [-0.15, -0.1) is 0 Å². The highest BCUT2D eigenvalue weighted by Gasteiger charge is 2.32. The first kappa shape index (κ1) is 17.8. The summed E-state index contributed by atoms with van der Waals surface area (Å²) in [5.41, 5.74) is 2.37. The summed E-state index contributed by atoms with van der Waals surface area (Å²) in [5.74, 6) is 0.0442. The van der Waals surface area contributed by atoms with Crippen molar-refractivity contribution in [2.24, 2.45) is 4.99 Å². The second-order valence-electron chi connectivity index (χ2n) is 5.60. The fraction of sp³-hybridized carbons (Fsp3) is 0.158. The molecule has 6 heteroatoms. The molecule has 1 N–H and O–H groups in total. The molecule has 2 aromatic rings. The molecule has 0 saturated carbocycles. The van der Waals surface area contributed by atoms with E-state index in [1.807, 2.05) is 50.3 Å². The maximum absolute atomic E-state index is 12.6. The fourth-order valence-electron chi connectivity index (χ4n) is 2.41. The van der Waals surface area contributed by atoms with Crippen LogP contribution in [0.5, 0.6) is 5.75 Å². The molecule has 1 aliphatic rings. The smallest absolute Gasteiger partial charge is 0.266 e. The number of nitrogens with zero attached hydrogens (tertiary/aromatic N) is 2. The number of thioether (sulfide) groups is 1. The van der Waals surface area contributed by atoms with Crippen LogP contribution in [0.25, 0.3) is 6.08 Å². The molecule has 0 unspecified atom stereocenters. The van der Waals surface area contributed by atoms with Crippen LogP contribution in [0, 0.1) is 6.92 Å². The number of hydrogen-bond acceptors (Lipinski definition) is 4. The van der Waals surface area contributed by atoms with Crippen molar-refractivity contribution in [2.45, 2.75) is 13.8 Å². The van der Waals surface area contributed by atoms with Gasteiger partial charge in [-0.25, -0.2) is 4.99 Å². The van der Waals surface area contributed by atoms with E-state index in [1.165, 1.54) is 11.8 Å². The first-order valence-electron chi connectivity index (χ1n) is 7.83. The number of carbonyl (C=O) groups excluding carboxylic acids is 1. The van der Waals surface area contributed by atoms with Crippen LogP contribution < -0.4 is 0 Å². The van der Waals surface area contributed by atoms with Crippen LogP contribution in [0.4, 0.5) is 5.69 Å². The van der Waals surface area contributed by atoms with Gasteiger partial charge in [0.25, 0.3) is 5.91 Å². The van der Waals surface area contributed by atoms with Gasteiger partial charge in [0, 0.05) is 11.0 Å². The van der Waals surface area contributed by atoms with Crippen molar-refractivity contribution in [3.05, 3.63) is 63.0 Å². The average Bonchev–Trinajstić information content (AvgIpc) is 2.87. The van der Waals surface area contributed by atoms with Crippen LogP contribution in [-0.2, 0) is 4.79 Å². The lowest BCUT2D eigenvalue weighted by atomic mass is 10.2. The Labute approximate surface area is 159 Å². The Morgan fingerprint density at radius 2 is 1.96 bits per heavy atom. The van der Waals surface area contributed by atoms with Crippen LogP contribution in [0.1, 0.15) is 18.1 Å². The number of phenolic OH excluding ortho intramolecular Hbond substituents is 1. The van der Waals surface area contributed by atoms with Gasteiger partial charge in [-0.3, -0.25) is 9.69 Å². The molecule has 0 aromatic heterocycles. The predicted molar refractivity (Wildman–Crippen MR) is 107 cm³/mol. The number of carbonyl (C=O) groups is 1. The minimum absolute atomic E-state index is 0.0687. The normalized spacial score (nSPS) is 17.7. The van der Waals surface area contributed by atoms with Gasteiger partial charge in [0.05, 0.1) is 4.91 Å². The number of amides is 1. The lowest BCUT2D eigenvalue weighted by Crippen LogP contribution is -2.28. The summed E-state index contributed by atoms with van der Waals surface area (Å²) in [6.07, 6.45) is 1.86. The summed E-state index contributed by atoms with van der Waals surface area (Å²) in [6, 6.07) is 13.1. The third-order valence-electron chi connectivity index (χ3n) is 3.72. The molecule has 3 rings (SSSR count). The number of amidine groups is 1. The van der Waals surface area contributed by atoms with E-state index >= 15 is 0 Å². The van der Waals surface area contributed by atoms with Crippen molar-refractivity contribution in [3.63, 3.8) is 0 Å². The molecule has 0 atom stereocenters. The monoisotopic (exact) mass is 416 g/mol. The van der Waals surface area contributed by atoms with E-state index in [1.54, 1.807) is 17.0 Å². The van der Waals surface area contributed by atoms with Crippen LogP contribution in [0.2, 0.25) is 0 Å². The third kappa shape index (κ3) is 3.96. The molecule has 1 aliphatic heterocycles. The van der Waals surface area contributed by atoms with Crippen LogP contribution in [0.15, 0.2) is 56.8 Å². The van der Waals surface area contributed by atoms with E-state index in [-0.39, 0.29) is 11.7 Å². The van der Waals surface area contributed by atoms with E-state index in [4.69, 9.17) is 0 Å². The highest BCUT2D eigenvalue weighted by molar-refractivity contribution is 9.10. The molecule has 25 heavy (non-hydrogen) atoms. The van der Waals surface area contributed by atoms with Gasteiger partial charge in [-0.05, 0) is 67.1 Å². The lowest BCUT2D eigenvalue weighted by molar-refractivity contribution is -0.122. The summed E-state index contributed by atoms with van der Waals surface area (Å²) in [6.45, 7) is 4.34. The lowest BCUT2D eigenvalue weighted by Gasteiger charge is -2.12. The molecule has 0 spiro atoms. The fourth-order valence-corrected chi connectivity index (χ4v) is 3.73. The van der Waals surface area contributed by atoms with Gasteiger partial charge in [-0.2, -0.15) is 0 Å². The van der Waals surface area contributed by atoms with Gasteiger partial charge >= 0.3 is 0 Å². The minimum atomic E-state index is -0.0687. The standard InChI is InChI=1S/C19H17BrN2O2S/c1-3-22-18(24)17(11-13-5-7-14(20)8-6-13)25-19(22)21-15-9-4-12(2)10-16(15)23/h4-11,23H,3H2,1-2H3/b17-11-,21-19?. The number of benzene rings is 2. The minimum Gasteiger partial charge on any atom is -0.506 e.